The predicted octanol–water partition coefficient (Wildman–Crippen LogP) is 13.1. The summed E-state index contributed by atoms with van der Waals surface area (Å²) in [5.41, 5.74) is -2.96. The summed E-state index contributed by atoms with van der Waals surface area (Å²) < 4.78 is 403. The number of hydrogen-bond donors (Lipinski definition) is 0. The van der Waals surface area contributed by atoms with Crippen molar-refractivity contribution in [3.05, 3.63) is 71.8 Å². The molecule has 0 bridgehead atoms. The molecule has 2 unspecified atom stereocenters. The molecule has 0 spiro atoms. The van der Waals surface area contributed by atoms with Crippen molar-refractivity contribution in [2.75, 3.05) is 26.7 Å². The third-order valence-corrected chi connectivity index (χ3v) is 38.8. The summed E-state index contributed by atoms with van der Waals surface area (Å²) in [5, 5.41) is 0. The zero-order chi connectivity index (χ0) is 51.3. The average molecular weight is 1230 g/mol. The topological polar surface area (TPSA) is 27.7 Å². The Morgan fingerprint density at radius 2 is 0.538 bits per heavy atom. The Balaban J connectivity index is 3.87. The Kier molecular flexibility index (Phi) is 17.0. The fraction of sp³-hybridized carbons (Fsp3) is 0.625. The first kappa shape index (κ1) is 59.1. The van der Waals surface area contributed by atoms with Gasteiger partial charge in [0.15, 0.2) is 0 Å². The van der Waals surface area contributed by atoms with Gasteiger partial charge in [-0.15, -0.1) is 0 Å². The molecule has 0 heterocycles. The van der Waals surface area contributed by atoms with E-state index in [2.05, 4.69) is 7.56 Å². The van der Waals surface area contributed by atoms with E-state index in [1.807, 2.05) is 0 Å². The average Bonchev–Trinajstić information content (AvgIpc) is 3.22. The number of halogens is 28. The predicted molar refractivity (Wildman–Crippen MR) is 168 cm³/mol. The Labute approximate surface area is 355 Å². The van der Waals surface area contributed by atoms with E-state index in [-0.39, 0.29) is 38.1 Å². The van der Waals surface area contributed by atoms with Crippen LogP contribution in [-0.4, -0.2) is 128 Å². The van der Waals surface area contributed by atoms with Gasteiger partial charge in [-0.2, -0.15) is 0 Å². The number of alkyl halides is 28. The molecule has 2 aromatic rings. The maximum absolute atomic E-state index is 16.8. The quantitative estimate of drug-likeness (QED) is 0.0774. The maximum atomic E-state index is 16.8. The summed E-state index contributed by atoms with van der Waals surface area (Å²) >= 11 is -26.0. The van der Waals surface area contributed by atoms with Crippen molar-refractivity contribution in [3.8, 4) is 0 Å². The van der Waals surface area contributed by atoms with E-state index >= 15 is 70.2 Å². The van der Waals surface area contributed by atoms with Crippen LogP contribution in [0.15, 0.2) is 60.7 Å². The van der Waals surface area contributed by atoms with E-state index in [0.717, 1.165) is 12.1 Å². The number of rotatable bonds is 24. The molecule has 0 aliphatic heterocycles. The molecule has 0 radical (unpaired) electrons. The molecule has 2 rings (SSSR count). The molecule has 33 heteroatoms. The summed E-state index contributed by atoms with van der Waals surface area (Å²) in [6, 6.07) is 4.21. The zero-order valence-electron chi connectivity index (χ0n) is 31.6. The third kappa shape index (κ3) is 8.93. The molecule has 376 valence electrons. The van der Waals surface area contributed by atoms with Crippen molar-refractivity contribution in [2.24, 2.45) is 0 Å². The van der Waals surface area contributed by atoms with Gasteiger partial charge in [-0.25, -0.2) is 0 Å². The van der Waals surface area contributed by atoms with Crippen LogP contribution < -0.4 is 0 Å². The molecule has 2 atom stereocenters. The van der Waals surface area contributed by atoms with Crippen LogP contribution in [0.3, 0.4) is 0 Å². The molecule has 0 fully saturated rings. The van der Waals surface area contributed by atoms with Gasteiger partial charge >= 0.3 is 357 Å². The summed E-state index contributed by atoms with van der Waals surface area (Å²) in [6.45, 7) is -18.6. The summed E-state index contributed by atoms with van der Waals surface area (Å²) in [4.78, 5) is 0. The summed E-state index contributed by atoms with van der Waals surface area (Å²) in [6.07, 6.45) is -7.57. The van der Waals surface area contributed by atoms with E-state index < -0.39 is 152 Å². The van der Waals surface area contributed by atoms with Crippen LogP contribution in [0.2, 0.25) is 0 Å². The molecule has 3 nitrogen and oxygen atoms in total. The summed E-state index contributed by atoms with van der Waals surface area (Å²) in [7, 11) is 0. The van der Waals surface area contributed by atoms with Crippen molar-refractivity contribution in [2.45, 2.75) is 89.2 Å². The Morgan fingerprint density at radius 1 is 0.354 bits per heavy atom. The monoisotopic (exact) mass is 1230 g/mol. The second kappa shape index (κ2) is 18.7. The van der Waals surface area contributed by atoms with E-state index in [0.29, 0.717) is 24.3 Å². The van der Waals surface area contributed by atoms with Crippen molar-refractivity contribution in [1.82, 2.24) is 0 Å². The molecular weight excluding hydrogens is 1200 g/mol. The van der Waals surface area contributed by atoms with E-state index in [4.69, 9.17) is 0 Å². The standard InChI is InChI=1S/2C8H9O.4C4H2F7.O.2Sn/c2*1-7(9)8-5-3-2-4-6-8;4*5-1-3(8,9)4(10,11)2(6)7;;;/h2*2-7H,1H3;4*1H2;;;/q2*-1;;;;;;2*+1. The van der Waals surface area contributed by atoms with Crippen molar-refractivity contribution < 1.29 is 130 Å². The molecule has 0 aliphatic rings. The van der Waals surface area contributed by atoms with E-state index in [9.17, 15) is 52.7 Å². The third-order valence-electron chi connectivity index (χ3n) is 9.25. The van der Waals surface area contributed by atoms with Crippen LogP contribution >= 0.6 is 0 Å². The zero-order valence-corrected chi connectivity index (χ0v) is 37.3. The molecule has 0 N–H and O–H groups in total. The first-order valence-electron chi connectivity index (χ1n) is 16.9. The van der Waals surface area contributed by atoms with Gasteiger partial charge in [0, 0.05) is 0 Å². The van der Waals surface area contributed by atoms with Gasteiger partial charge in [0.05, 0.1) is 0 Å². The Morgan fingerprint density at radius 3 is 0.708 bits per heavy atom. The number of hydrogen-bond acceptors (Lipinski definition) is 3. The normalized spacial score (nSPS) is 16.5. The summed E-state index contributed by atoms with van der Waals surface area (Å²) in [5.74, 6) is -65.4. The molecule has 2 aromatic carbocycles. The first-order chi connectivity index (χ1) is 28.9. The Hall–Kier alpha value is -2.04. The molecular formula is C32H26F28O3Sn2. The Bertz CT molecular complexity index is 1670. The van der Waals surface area contributed by atoms with Gasteiger partial charge < -0.3 is 0 Å². The van der Waals surface area contributed by atoms with Crippen LogP contribution in [0, 0.1) is 0 Å². The van der Waals surface area contributed by atoms with Gasteiger partial charge in [-0.1, -0.05) is 0 Å². The van der Waals surface area contributed by atoms with Crippen molar-refractivity contribution in [1.29, 1.82) is 0 Å². The van der Waals surface area contributed by atoms with Crippen LogP contribution in [0.5, 0.6) is 0 Å². The van der Waals surface area contributed by atoms with Crippen LogP contribution in [0.25, 0.3) is 0 Å². The van der Waals surface area contributed by atoms with Gasteiger partial charge in [-0.3, -0.25) is 0 Å². The minimum atomic E-state index is -13.0. The SMILES string of the molecule is CC([O][Sn]([O][Sn]([O]C(C)c1ccccc1)([C](F)(F)C(F)(F)C(F)(F)CF)[C](F)(F)C(F)(F)C(F)(F)CF)([C](F)(F)C(F)(F)C(F)(F)CF)[C](F)(F)C(F)(F)C(F)(F)CF)c1ccccc1. The second-order valence-electron chi connectivity index (χ2n) is 13.6. The molecule has 65 heavy (non-hydrogen) atoms. The second-order valence-corrected chi connectivity index (χ2v) is 33.7. The van der Waals surface area contributed by atoms with Crippen LogP contribution in [0.1, 0.15) is 37.2 Å². The van der Waals surface area contributed by atoms with Gasteiger partial charge in [0.2, 0.25) is 0 Å². The fourth-order valence-electron chi connectivity index (χ4n) is 5.36. The fourth-order valence-corrected chi connectivity index (χ4v) is 42.0. The molecule has 0 aromatic heterocycles. The minimum absolute atomic E-state index is 0.180. The molecule has 0 saturated carbocycles. The van der Waals surface area contributed by atoms with Crippen LogP contribution in [-0.2, 0) is 7.56 Å². The van der Waals surface area contributed by atoms with Gasteiger partial charge in [0.25, 0.3) is 0 Å². The molecule has 0 saturated heterocycles. The molecule has 0 aliphatic carbocycles. The van der Waals surface area contributed by atoms with Gasteiger partial charge in [0.1, 0.15) is 0 Å². The molecule has 0 amide bonds. The van der Waals surface area contributed by atoms with Crippen molar-refractivity contribution in [3.63, 3.8) is 0 Å². The van der Waals surface area contributed by atoms with E-state index in [1.54, 1.807) is 0 Å². The van der Waals surface area contributed by atoms with E-state index in [1.165, 1.54) is 0 Å². The first-order valence-corrected chi connectivity index (χ1v) is 27.2. The van der Waals surface area contributed by atoms with Crippen molar-refractivity contribution >= 4 is 38.4 Å². The number of benzene rings is 2. The van der Waals surface area contributed by atoms with Crippen LogP contribution in [0.4, 0.5) is 123 Å². The van der Waals surface area contributed by atoms with Gasteiger partial charge in [-0.05, 0) is 0 Å².